The zero-order valence-corrected chi connectivity index (χ0v) is 9.38. The third-order valence-corrected chi connectivity index (χ3v) is 1.60. The molecule has 0 unspecified atom stereocenters. The maximum absolute atomic E-state index is 10.3. The maximum Gasteiger partial charge on any atom is 0.335 e. The number of aromatic carboxylic acids is 1. The number of carboxylic acids is 1. The molecule has 0 amide bonds. The summed E-state index contributed by atoms with van der Waals surface area (Å²) in [6, 6.07) is 3.97. The summed E-state index contributed by atoms with van der Waals surface area (Å²) in [5.41, 5.74) is 0.0558. The van der Waals surface area contributed by atoms with Crippen molar-refractivity contribution in [3.05, 3.63) is 23.8 Å². The molecule has 5 heteroatoms. The van der Waals surface area contributed by atoms with E-state index in [1.807, 2.05) is 0 Å². The molecule has 0 fully saturated rings. The van der Waals surface area contributed by atoms with Gasteiger partial charge in [0.25, 0.3) is 0 Å². The average molecular weight is 193 g/mol. The molecule has 1 radical (unpaired) electrons. The summed E-state index contributed by atoms with van der Waals surface area (Å²) in [5, 5.41) is 17.5. The van der Waals surface area contributed by atoms with Gasteiger partial charge in [-0.25, -0.2) is 4.79 Å². The predicted molar refractivity (Wildman–Crippen MR) is 48.1 cm³/mol. The fourth-order valence-electron chi connectivity index (χ4n) is 0.656. The van der Waals surface area contributed by atoms with Gasteiger partial charge in [0.1, 0.15) is 5.75 Å². The minimum atomic E-state index is -1.06. The minimum absolute atomic E-state index is 0. The molecular formula is C7H6NaO3S. The second-order valence-corrected chi connectivity index (χ2v) is 2.49. The van der Waals surface area contributed by atoms with E-state index in [1.165, 1.54) is 12.1 Å². The molecule has 0 heterocycles. The fraction of sp³-hybridized carbons (Fsp3) is 0. The third-order valence-electron chi connectivity index (χ3n) is 1.22. The Hall–Kier alpha value is -0.160. The van der Waals surface area contributed by atoms with E-state index in [1.54, 1.807) is 0 Å². The molecule has 3 nitrogen and oxygen atoms in total. The van der Waals surface area contributed by atoms with Crippen molar-refractivity contribution in [2.75, 3.05) is 0 Å². The number of thiol groups is 1. The van der Waals surface area contributed by atoms with Crippen molar-refractivity contribution in [1.29, 1.82) is 0 Å². The van der Waals surface area contributed by atoms with Crippen LogP contribution >= 0.6 is 12.6 Å². The Bertz CT molecular complexity index is 301. The molecule has 1 aromatic carbocycles. The van der Waals surface area contributed by atoms with Crippen LogP contribution in [0.25, 0.3) is 0 Å². The van der Waals surface area contributed by atoms with Crippen LogP contribution in [0.5, 0.6) is 5.75 Å². The van der Waals surface area contributed by atoms with Gasteiger partial charge in [0, 0.05) is 34.5 Å². The van der Waals surface area contributed by atoms with Crippen LogP contribution < -0.4 is 0 Å². The second-order valence-electron chi connectivity index (χ2n) is 2.01. The topological polar surface area (TPSA) is 57.5 Å². The molecule has 2 N–H and O–H groups in total. The number of phenolic OH excluding ortho intramolecular Hbond substituents is 1. The van der Waals surface area contributed by atoms with Gasteiger partial charge >= 0.3 is 5.97 Å². The van der Waals surface area contributed by atoms with Crippen LogP contribution in [0.2, 0.25) is 0 Å². The van der Waals surface area contributed by atoms with Crippen LogP contribution in [0.3, 0.4) is 0 Å². The van der Waals surface area contributed by atoms with E-state index in [9.17, 15) is 4.79 Å². The van der Waals surface area contributed by atoms with Crippen molar-refractivity contribution in [3.8, 4) is 5.75 Å². The number of hydrogen-bond donors (Lipinski definition) is 3. The molecule has 0 saturated carbocycles. The first-order chi connectivity index (χ1) is 5.11. The number of carboxylic acid groups (broad SMARTS) is 1. The van der Waals surface area contributed by atoms with E-state index in [0.717, 1.165) is 6.07 Å². The zero-order chi connectivity index (χ0) is 8.43. The molecule has 0 aromatic heterocycles. The van der Waals surface area contributed by atoms with E-state index < -0.39 is 5.97 Å². The molecule has 0 aliphatic rings. The van der Waals surface area contributed by atoms with Gasteiger partial charge in [-0.05, 0) is 18.2 Å². The van der Waals surface area contributed by atoms with Crippen molar-refractivity contribution in [3.63, 3.8) is 0 Å². The average Bonchev–Trinajstić information content (AvgIpc) is 1.94. The van der Waals surface area contributed by atoms with Crippen LogP contribution in [-0.2, 0) is 0 Å². The molecule has 0 bridgehead atoms. The van der Waals surface area contributed by atoms with Crippen molar-refractivity contribution in [2.45, 2.75) is 4.90 Å². The van der Waals surface area contributed by atoms with Gasteiger partial charge in [-0.15, -0.1) is 12.6 Å². The summed E-state index contributed by atoms with van der Waals surface area (Å²) in [4.78, 5) is 10.7. The van der Waals surface area contributed by atoms with Gasteiger partial charge in [0.2, 0.25) is 0 Å². The summed E-state index contributed by atoms with van der Waals surface area (Å²) in [7, 11) is 0. The largest absolute Gasteiger partial charge is 0.507 e. The summed E-state index contributed by atoms with van der Waals surface area (Å²) in [5.74, 6) is -1.18. The number of phenols is 1. The molecule has 0 aliphatic carbocycles. The Morgan fingerprint density at radius 1 is 1.42 bits per heavy atom. The molecule has 0 saturated heterocycles. The van der Waals surface area contributed by atoms with Gasteiger partial charge in [-0.2, -0.15) is 0 Å². The summed E-state index contributed by atoms with van der Waals surface area (Å²) in [6.45, 7) is 0. The van der Waals surface area contributed by atoms with E-state index in [-0.39, 0.29) is 40.9 Å². The predicted octanol–water partition coefficient (Wildman–Crippen LogP) is 0.998. The SMILES string of the molecule is O=C(O)c1ccc(S)c(O)c1.[Na]. The van der Waals surface area contributed by atoms with Crippen molar-refractivity contribution in [1.82, 2.24) is 0 Å². The Morgan fingerprint density at radius 2 is 2.00 bits per heavy atom. The smallest absolute Gasteiger partial charge is 0.335 e. The number of rotatable bonds is 1. The van der Waals surface area contributed by atoms with E-state index in [0.29, 0.717) is 4.90 Å². The minimum Gasteiger partial charge on any atom is -0.507 e. The van der Waals surface area contributed by atoms with Gasteiger partial charge in [0.05, 0.1) is 5.56 Å². The van der Waals surface area contributed by atoms with Crippen molar-refractivity contribution < 1.29 is 15.0 Å². The summed E-state index contributed by atoms with van der Waals surface area (Å²) >= 11 is 3.87. The van der Waals surface area contributed by atoms with Gasteiger partial charge < -0.3 is 10.2 Å². The van der Waals surface area contributed by atoms with Gasteiger partial charge in [-0.3, -0.25) is 0 Å². The molecule has 1 rings (SSSR count). The quantitative estimate of drug-likeness (QED) is 0.460. The monoisotopic (exact) mass is 193 g/mol. The molecule has 1 aromatic rings. The van der Waals surface area contributed by atoms with E-state index in [4.69, 9.17) is 10.2 Å². The Balaban J connectivity index is 0.00000121. The first kappa shape index (κ1) is 11.8. The Kier molecular flexibility index (Phi) is 4.70. The van der Waals surface area contributed by atoms with Crippen LogP contribution in [0.4, 0.5) is 0 Å². The number of hydrogen-bond acceptors (Lipinski definition) is 3. The van der Waals surface area contributed by atoms with Gasteiger partial charge in [-0.1, -0.05) is 0 Å². The summed E-state index contributed by atoms with van der Waals surface area (Å²) < 4.78 is 0. The second kappa shape index (κ2) is 4.77. The number of carbonyl (C=O) groups is 1. The van der Waals surface area contributed by atoms with E-state index in [2.05, 4.69) is 12.6 Å². The molecule has 12 heavy (non-hydrogen) atoms. The van der Waals surface area contributed by atoms with E-state index >= 15 is 0 Å². The Morgan fingerprint density at radius 3 is 2.42 bits per heavy atom. The standard InChI is InChI=1S/C7H6O3S.Na/c8-5-3-4(7(9)10)1-2-6(5)11;/h1-3,8,11H,(H,9,10);. The van der Waals surface area contributed by atoms with Crippen LogP contribution in [0.1, 0.15) is 10.4 Å². The fourth-order valence-corrected chi connectivity index (χ4v) is 0.796. The van der Waals surface area contributed by atoms with Crippen LogP contribution in [0.15, 0.2) is 23.1 Å². The zero-order valence-electron chi connectivity index (χ0n) is 6.48. The van der Waals surface area contributed by atoms with Crippen molar-refractivity contribution >= 4 is 48.2 Å². The number of benzene rings is 1. The normalized spacial score (nSPS) is 8.75. The molecule has 0 aliphatic heterocycles. The Labute approximate surface area is 97.1 Å². The molecule has 0 spiro atoms. The maximum atomic E-state index is 10.3. The van der Waals surface area contributed by atoms with Crippen molar-refractivity contribution in [2.24, 2.45) is 0 Å². The first-order valence-electron chi connectivity index (χ1n) is 2.86. The molecule has 0 atom stereocenters. The van der Waals surface area contributed by atoms with Crippen LogP contribution in [-0.4, -0.2) is 45.7 Å². The van der Waals surface area contributed by atoms with Crippen LogP contribution in [0, 0.1) is 0 Å². The molecular weight excluding hydrogens is 187 g/mol. The third kappa shape index (κ3) is 2.71. The number of aromatic hydroxyl groups is 1. The molecule has 59 valence electrons. The first-order valence-corrected chi connectivity index (χ1v) is 3.31. The summed E-state index contributed by atoms with van der Waals surface area (Å²) in [6.07, 6.45) is 0. The van der Waals surface area contributed by atoms with Gasteiger partial charge in [0.15, 0.2) is 0 Å².